The molecule has 0 N–H and O–H groups in total. The zero-order chi connectivity index (χ0) is 42.1. The molecule has 1 heterocycles. The van der Waals surface area contributed by atoms with E-state index in [4.69, 9.17) is 0 Å². The lowest BCUT2D eigenvalue weighted by Gasteiger charge is -2.28. The Bertz CT molecular complexity index is 3500. The highest BCUT2D eigenvalue weighted by molar-refractivity contribution is 6.10. The summed E-state index contributed by atoms with van der Waals surface area (Å²) < 4.78 is 2.28. The van der Waals surface area contributed by atoms with E-state index in [-0.39, 0.29) is 5.41 Å². The Labute approximate surface area is 368 Å². The van der Waals surface area contributed by atoms with Crippen LogP contribution in [0.15, 0.2) is 218 Å². The first-order chi connectivity index (χ1) is 31.0. The average Bonchev–Trinajstić information content (AvgIpc) is 3.80. The first-order valence-corrected chi connectivity index (χ1v) is 21.7. The van der Waals surface area contributed by atoms with Crippen molar-refractivity contribution >= 4 is 49.6 Å². The summed E-state index contributed by atoms with van der Waals surface area (Å²) in [6.07, 6.45) is 0. The van der Waals surface area contributed by atoms with Crippen molar-refractivity contribution in [3.63, 3.8) is 0 Å². The molecule has 63 heavy (non-hydrogen) atoms. The number of rotatable bonds is 7. The number of hydrogen-bond acceptors (Lipinski definition) is 1. The molecule has 1 aromatic heterocycles. The smallest absolute Gasteiger partial charge is 0.0973 e. The minimum Gasteiger partial charge on any atom is -0.310 e. The number of aromatic nitrogens is 1. The number of anilines is 3. The van der Waals surface area contributed by atoms with Gasteiger partial charge in [-0.25, -0.2) is 0 Å². The van der Waals surface area contributed by atoms with Crippen LogP contribution in [-0.2, 0) is 5.41 Å². The molecule has 0 atom stereocenters. The van der Waals surface area contributed by atoms with Gasteiger partial charge in [-0.05, 0) is 151 Å². The van der Waals surface area contributed by atoms with E-state index in [1.54, 1.807) is 0 Å². The standard InChI is InChI=1S/C61H42N2/c1-61(2)57-19-11-9-17-53(57)54-35-34-52(40-58(54)61)62(50-30-25-42(26-31-50)41-13-5-3-6-14-41)51-32-27-43(28-33-51)44-21-22-46-38-47(24-23-45(46)37-44)48-29-36-60-56(39-48)55-18-10-12-20-59(55)63(60)49-15-7-4-8-16-49/h3-7,9-15,17-40H,1-2H3. The highest BCUT2D eigenvalue weighted by Crippen LogP contribution is 2.51. The third-order valence-electron chi connectivity index (χ3n) is 13.2. The lowest BCUT2D eigenvalue weighted by Crippen LogP contribution is -2.16. The van der Waals surface area contributed by atoms with Gasteiger partial charge in [-0.15, -0.1) is 0 Å². The highest BCUT2D eigenvalue weighted by atomic mass is 15.1. The molecule has 1 aliphatic carbocycles. The van der Waals surface area contributed by atoms with E-state index in [9.17, 15) is 0 Å². The van der Waals surface area contributed by atoms with Gasteiger partial charge in [-0.1, -0.05) is 159 Å². The van der Waals surface area contributed by atoms with Crippen LogP contribution in [0.2, 0.25) is 0 Å². The van der Waals surface area contributed by atoms with E-state index >= 15 is 0 Å². The van der Waals surface area contributed by atoms with Crippen molar-refractivity contribution in [3.8, 4) is 50.2 Å². The number of fused-ring (bicyclic) bond motifs is 7. The van der Waals surface area contributed by atoms with Crippen LogP contribution in [0, 0.1) is 12.1 Å². The Kier molecular flexibility index (Phi) is 8.46. The predicted octanol–water partition coefficient (Wildman–Crippen LogP) is 16.3. The monoisotopic (exact) mass is 802 g/mol. The molecule has 0 unspecified atom stereocenters. The van der Waals surface area contributed by atoms with Gasteiger partial charge in [0, 0.05) is 33.2 Å². The molecule has 2 nitrogen and oxygen atoms in total. The molecule has 10 aromatic carbocycles. The highest BCUT2D eigenvalue weighted by Gasteiger charge is 2.35. The van der Waals surface area contributed by atoms with Gasteiger partial charge in [0.05, 0.1) is 16.7 Å². The second-order valence-electron chi connectivity index (χ2n) is 17.2. The van der Waals surface area contributed by atoms with Gasteiger partial charge in [0.1, 0.15) is 0 Å². The maximum absolute atomic E-state index is 3.31. The van der Waals surface area contributed by atoms with Gasteiger partial charge in [-0.2, -0.15) is 0 Å². The van der Waals surface area contributed by atoms with E-state index in [1.807, 2.05) is 12.1 Å². The average molecular weight is 803 g/mol. The van der Waals surface area contributed by atoms with Gasteiger partial charge >= 0.3 is 0 Å². The fourth-order valence-electron chi connectivity index (χ4n) is 10.0. The Morgan fingerprint density at radius 2 is 0.952 bits per heavy atom. The van der Waals surface area contributed by atoms with Crippen molar-refractivity contribution in [2.45, 2.75) is 19.3 Å². The molecular formula is C61H42N2. The van der Waals surface area contributed by atoms with Crippen LogP contribution in [0.5, 0.6) is 0 Å². The SMILES string of the molecule is CC1(C)c2ccccc2-c2ccc(N(c3ccc(-c4ccccc4)cc3)c3ccc(-c4ccc5cc(-c6ccc7c(c6)c6ccccc6n7-c6c#cccc6)ccc5c4)cc3)cc21. The molecule has 1 aliphatic rings. The first-order valence-electron chi connectivity index (χ1n) is 21.7. The Morgan fingerprint density at radius 3 is 1.68 bits per heavy atom. The molecule has 0 saturated carbocycles. The van der Waals surface area contributed by atoms with Crippen molar-refractivity contribution in [1.82, 2.24) is 4.57 Å². The van der Waals surface area contributed by atoms with Crippen molar-refractivity contribution in [2.24, 2.45) is 0 Å². The van der Waals surface area contributed by atoms with Crippen molar-refractivity contribution in [1.29, 1.82) is 0 Å². The molecule has 296 valence electrons. The minimum absolute atomic E-state index is 0.0959. The summed E-state index contributed by atoms with van der Waals surface area (Å²) in [5.41, 5.74) is 19.2. The largest absolute Gasteiger partial charge is 0.310 e. The fourth-order valence-corrected chi connectivity index (χ4v) is 10.0. The van der Waals surface area contributed by atoms with Gasteiger partial charge in [0.15, 0.2) is 0 Å². The Balaban J connectivity index is 0.880. The number of nitrogens with zero attached hydrogens (tertiary/aromatic N) is 2. The van der Waals surface area contributed by atoms with Gasteiger partial charge in [0.2, 0.25) is 0 Å². The second kappa shape index (κ2) is 14.5. The van der Waals surface area contributed by atoms with Crippen molar-refractivity contribution < 1.29 is 0 Å². The number of para-hydroxylation sites is 1. The minimum atomic E-state index is -0.0959. The topological polar surface area (TPSA) is 8.17 Å². The summed E-state index contributed by atoms with van der Waals surface area (Å²) in [7, 11) is 0. The van der Waals surface area contributed by atoms with Gasteiger partial charge in [-0.3, -0.25) is 0 Å². The van der Waals surface area contributed by atoms with Crippen LogP contribution < -0.4 is 4.90 Å². The summed E-state index contributed by atoms with van der Waals surface area (Å²) >= 11 is 0. The summed E-state index contributed by atoms with van der Waals surface area (Å²) in [4.78, 5) is 2.40. The van der Waals surface area contributed by atoms with Crippen LogP contribution in [0.4, 0.5) is 17.1 Å². The maximum atomic E-state index is 3.31. The number of hydrogen-bond donors (Lipinski definition) is 0. The quantitative estimate of drug-likeness (QED) is 0.156. The van der Waals surface area contributed by atoms with E-state index in [0.717, 1.165) is 22.7 Å². The van der Waals surface area contributed by atoms with E-state index < -0.39 is 0 Å². The second-order valence-corrected chi connectivity index (χ2v) is 17.2. The molecule has 2 heteroatoms. The molecule has 12 rings (SSSR count). The van der Waals surface area contributed by atoms with Crippen molar-refractivity contribution in [3.05, 3.63) is 242 Å². The van der Waals surface area contributed by atoms with Crippen LogP contribution in [0.25, 0.3) is 82.8 Å². The molecule has 0 fully saturated rings. The van der Waals surface area contributed by atoms with E-state index in [1.165, 1.54) is 88.2 Å². The zero-order valence-corrected chi connectivity index (χ0v) is 35.2. The Morgan fingerprint density at radius 1 is 0.397 bits per heavy atom. The van der Waals surface area contributed by atoms with E-state index in [2.05, 4.69) is 242 Å². The predicted molar refractivity (Wildman–Crippen MR) is 265 cm³/mol. The summed E-state index contributed by atoms with van der Waals surface area (Å²) in [6.45, 7) is 4.70. The molecule has 0 amide bonds. The van der Waals surface area contributed by atoms with Gasteiger partial charge < -0.3 is 9.47 Å². The maximum Gasteiger partial charge on any atom is 0.0973 e. The van der Waals surface area contributed by atoms with Crippen LogP contribution in [0.3, 0.4) is 0 Å². The third kappa shape index (κ3) is 6.12. The summed E-state index contributed by atoms with van der Waals surface area (Å²) in [5, 5.41) is 4.90. The molecule has 0 aliphatic heterocycles. The van der Waals surface area contributed by atoms with Crippen LogP contribution >= 0.6 is 0 Å². The number of benzene rings is 9. The van der Waals surface area contributed by atoms with E-state index in [0.29, 0.717) is 0 Å². The van der Waals surface area contributed by atoms with Crippen LogP contribution in [-0.4, -0.2) is 4.57 Å². The zero-order valence-electron chi connectivity index (χ0n) is 35.2. The molecule has 11 aromatic rings. The fraction of sp³-hybridized carbons (Fsp3) is 0.0492. The molecule has 0 bridgehead atoms. The van der Waals surface area contributed by atoms with Crippen molar-refractivity contribution in [2.75, 3.05) is 4.90 Å². The molecular weight excluding hydrogens is 761 g/mol. The summed E-state index contributed by atoms with van der Waals surface area (Å²) in [5.74, 6) is 0. The lowest BCUT2D eigenvalue weighted by molar-refractivity contribution is 0.660. The first kappa shape index (κ1) is 36.7. The molecule has 0 spiro atoms. The third-order valence-corrected chi connectivity index (χ3v) is 13.2. The lowest BCUT2D eigenvalue weighted by atomic mass is 9.82. The normalized spacial score (nSPS) is 12.6. The Hall–Kier alpha value is -8.12. The summed E-state index contributed by atoms with van der Waals surface area (Å²) in [6, 6.07) is 86.1. The molecule has 0 saturated heterocycles. The van der Waals surface area contributed by atoms with Gasteiger partial charge in [0.25, 0.3) is 0 Å². The van der Waals surface area contributed by atoms with Crippen LogP contribution in [0.1, 0.15) is 25.0 Å². The molecule has 0 radical (unpaired) electrons.